The van der Waals surface area contributed by atoms with Gasteiger partial charge in [-0.05, 0) is 26.2 Å². The summed E-state index contributed by atoms with van der Waals surface area (Å²) in [6.45, 7) is 5.38. The predicted octanol–water partition coefficient (Wildman–Crippen LogP) is -0.204. The van der Waals surface area contributed by atoms with Crippen LogP contribution in [-0.2, 0) is 10.4 Å². The largest absolute Gasteiger partial charge is 0.394 e. The molecule has 0 spiro atoms. The fourth-order valence-corrected chi connectivity index (χ4v) is 1.53. The molecule has 0 amide bonds. The molecule has 0 aromatic carbocycles. The monoisotopic (exact) mass is 268 g/mol. The first-order chi connectivity index (χ1) is 7.75. The van der Waals surface area contributed by atoms with Gasteiger partial charge < -0.3 is 0 Å². The second kappa shape index (κ2) is 7.46. The van der Waals surface area contributed by atoms with Crippen LogP contribution in [0.15, 0.2) is 0 Å². The molecule has 102 valence electrons. The van der Waals surface area contributed by atoms with Gasteiger partial charge in [-0.1, -0.05) is 0 Å². The standard InChI is InChI=1S/C9H19N3.H2O4S/c1-3-11(2)9(10)12-7-5-4-6-8-12;1-5(2,3)4/h10H,3-8H2,1-2H3;(H2,1,2,3,4)/p+1. The van der Waals surface area contributed by atoms with Gasteiger partial charge >= 0.3 is 16.4 Å². The second-order valence-corrected chi connectivity index (χ2v) is 4.76. The van der Waals surface area contributed by atoms with Gasteiger partial charge in [0.25, 0.3) is 0 Å². The van der Waals surface area contributed by atoms with Crippen LogP contribution in [0.1, 0.15) is 26.2 Å². The molecule has 1 rings (SSSR count). The van der Waals surface area contributed by atoms with Crippen LogP contribution in [0.3, 0.4) is 0 Å². The van der Waals surface area contributed by atoms with Crippen LogP contribution >= 0.6 is 0 Å². The Morgan fingerprint density at radius 3 is 2.06 bits per heavy atom. The van der Waals surface area contributed by atoms with Gasteiger partial charge in [-0.3, -0.25) is 24.3 Å². The maximum atomic E-state index is 8.74. The van der Waals surface area contributed by atoms with E-state index in [2.05, 4.69) is 16.4 Å². The Hall–Kier alpha value is -0.860. The Labute approximate surface area is 102 Å². The molecule has 0 bridgehead atoms. The van der Waals surface area contributed by atoms with Crippen molar-refractivity contribution in [2.45, 2.75) is 26.2 Å². The van der Waals surface area contributed by atoms with E-state index in [1.807, 2.05) is 7.05 Å². The molecule has 0 aromatic heterocycles. The van der Waals surface area contributed by atoms with Crippen molar-refractivity contribution in [3.05, 3.63) is 0 Å². The summed E-state index contributed by atoms with van der Waals surface area (Å²) >= 11 is 0. The number of nitrogens with two attached hydrogens (primary N) is 1. The van der Waals surface area contributed by atoms with Crippen molar-refractivity contribution in [1.29, 1.82) is 0 Å². The summed E-state index contributed by atoms with van der Waals surface area (Å²) in [4.78, 5) is 2.10. The number of hydrogen-bond donors (Lipinski definition) is 3. The summed E-state index contributed by atoms with van der Waals surface area (Å²) in [5.41, 5.74) is 5.97. The highest BCUT2D eigenvalue weighted by Gasteiger charge is 2.14. The molecular weight excluding hydrogens is 246 g/mol. The maximum Gasteiger partial charge on any atom is 0.394 e. The Balaban J connectivity index is 0.000000437. The molecule has 1 heterocycles. The van der Waals surface area contributed by atoms with Crippen LogP contribution in [0.5, 0.6) is 0 Å². The Morgan fingerprint density at radius 2 is 1.71 bits per heavy atom. The van der Waals surface area contributed by atoms with E-state index in [4.69, 9.17) is 23.3 Å². The lowest BCUT2D eigenvalue weighted by Crippen LogP contribution is -2.43. The molecule has 0 saturated carbocycles. The minimum atomic E-state index is -4.67. The van der Waals surface area contributed by atoms with Crippen LogP contribution in [-0.4, -0.2) is 59.6 Å². The lowest BCUT2D eigenvalue weighted by Gasteiger charge is -2.19. The summed E-state index contributed by atoms with van der Waals surface area (Å²) < 4.78 is 33.9. The van der Waals surface area contributed by atoms with Crippen molar-refractivity contribution in [3.8, 4) is 0 Å². The van der Waals surface area contributed by atoms with Crippen LogP contribution in [0.25, 0.3) is 0 Å². The third-order valence-corrected chi connectivity index (χ3v) is 2.55. The van der Waals surface area contributed by atoms with Gasteiger partial charge in [-0.2, -0.15) is 8.42 Å². The van der Waals surface area contributed by atoms with E-state index in [1.165, 1.54) is 19.3 Å². The van der Waals surface area contributed by atoms with Crippen LogP contribution in [0, 0.1) is 0 Å². The minimum absolute atomic E-state index is 0.942. The molecule has 7 nitrogen and oxygen atoms in total. The smallest absolute Gasteiger partial charge is 0.291 e. The molecule has 1 aliphatic heterocycles. The van der Waals surface area contributed by atoms with Gasteiger partial charge in [0, 0.05) is 0 Å². The van der Waals surface area contributed by atoms with E-state index in [0.29, 0.717) is 0 Å². The average Bonchev–Trinajstić information content (AvgIpc) is 2.26. The molecule has 1 fully saturated rings. The first-order valence-corrected chi connectivity index (χ1v) is 6.93. The van der Waals surface area contributed by atoms with Gasteiger partial charge in [0.15, 0.2) is 0 Å². The van der Waals surface area contributed by atoms with Crippen molar-refractivity contribution in [3.63, 3.8) is 0 Å². The van der Waals surface area contributed by atoms with E-state index < -0.39 is 10.4 Å². The van der Waals surface area contributed by atoms with Crippen molar-refractivity contribution in [2.24, 2.45) is 5.73 Å². The molecule has 0 atom stereocenters. The molecule has 1 saturated heterocycles. The number of hydrogen-bond acceptors (Lipinski definition) is 2. The minimum Gasteiger partial charge on any atom is -0.291 e. The number of piperidine rings is 1. The van der Waals surface area contributed by atoms with Crippen molar-refractivity contribution in [1.82, 2.24) is 4.90 Å². The molecule has 0 unspecified atom stereocenters. The molecule has 0 aliphatic carbocycles. The van der Waals surface area contributed by atoms with Gasteiger partial charge in [-0.25, -0.2) is 0 Å². The quantitative estimate of drug-likeness (QED) is 0.345. The third kappa shape index (κ3) is 8.90. The summed E-state index contributed by atoms with van der Waals surface area (Å²) in [5.74, 6) is 0.942. The second-order valence-electron chi connectivity index (χ2n) is 3.87. The number of guanidine groups is 1. The lowest BCUT2D eigenvalue weighted by molar-refractivity contribution is -0.542. The SMILES string of the molecule is CCN(C)C(N)=[N+]1CCCCC1.O=S(=O)(O)O. The molecular formula is C9H22N3O4S+. The molecule has 0 aromatic rings. The first kappa shape index (κ1) is 16.1. The van der Waals surface area contributed by atoms with Crippen molar-refractivity contribution in [2.75, 3.05) is 26.7 Å². The highest BCUT2D eigenvalue weighted by molar-refractivity contribution is 7.79. The van der Waals surface area contributed by atoms with Crippen LogP contribution in [0.2, 0.25) is 0 Å². The lowest BCUT2D eigenvalue weighted by atomic mass is 10.2. The summed E-state index contributed by atoms with van der Waals surface area (Å²) in [6.07, 6.45) is 3.94. The molecule has 0 radical (unpaired) electrons. The molecule has 4 N–H and O–H groups in total. The fourth-order valence-electron chi connectivity index (χ4n) is 1.53. The topological polar surface area (TPSA) is 107 Å². The molecule has 1 aliphatic rings. The van der Waals surface area contributed by atoms with Gasteiger partial charge in [0.2, 0.25) is 0 Å². The fraction of sp³-hybridized carbons (Fsp3) is 0.889. The number of rotatable bonds is 1. The zero-order valence-electron chi connectivity index (χ0n) is 10.3. The average molecular weight is 268 g/mol. The Morgan fingerprint density at radius 1 is 1.29 bits per heavy atom. The van der Waals surface area contributed by atoms with E-state index in [1.54, 1.807) is 0 Å². The highest BCUT2D eigenvalue weighted by Crippen LogP contribution is 2.04. The zero-order chi connectivity index (χ0) is 13.5. The zero-order valence-corrected chi connectivity index (χ0v) is 11.2. The van der Waals surface area contributed by atoms with Gasteiger partial charge in [0.05, 0.1) is 26.7 Å². The molecule has 17 heavy (non-hydrogen) atoms. The predicted molar refractivity (Wildman–Crippen MR) is 65.5 cm³/mol. The van der Waals surface area contributed by atoms with Crippen LogP contribution < -0.4 is 5.73 Å². The summed E-state index contributed by atoms with van der Waals surface area (Å²) in [5, 5.41) is 0. The third-order valence-electron chi connectivity index (χ3n) is 2.55. The maximum absolute atomic E-state index is 8.74. The first-order valence-electron chi connectivity index (χ1n) is 5.54. The van der Waals surface area contributed by atoms with Crippen molar-refractivity contribution < 1.29 is 22.1 Å². The normalized spacial score (nSPS) is 15.9. The van der Waals surface area contributed by atoms with Crippen LogP contribution in [0.4, 0.5) is 0 Å². The number of nitrogens with zero attached hydrogens (tertiary/aromatic N) is 2. The van der Waals surface area contributed by atoms with E-state index >= 15 is 0 Å². The van der Waals surface area contributed by atoms with E-state index in [0.717, 1.165) is 25.6 Å². The summed E-state index contributed by atoms with van der Waals surface area (Å²) in [7, 11) is -2.62. The molecule has 8 heteroatoms. The highest BCUT2D eigenvalue weighted by atomic mass is 32.3. The van der Waals surface area contributed by atoms with Gasteiger partial charge in [0.1, 0.15) is 0 Å². The van der Waals surface area contributed by atoms with Gasteiger partial charge in [-0.15, -0.1) is 0 Å². The Bertz CT molecular complexity index is 337. The van der Waals surface area contributed by atoms with Crippen molar-refractivity contribution >= 4 is 16.4 Å². The van der Waals surface area contributed by atoms with E-state index in [9.17, 15) is 0 Å². The Kier molecular flexibility index (Phi) is 7.09. The van der Waals surface area contributed by atoms with E-state index in [-0.39, 0.29) is 0 Å². The summed E-state index contributed by atoms with van der Waals surface area (Å²) in [6, 6.07) is 0.